The average molecular weight is 472 g/mol. The number of benzene rings is 1. The number of fused-ring (bicyclic) bond motifs is 1. The molecule has 0 atom stereocenters. The summed E-state index contributed by atoms with van der Waals surface area (Å²) in [6, 6.07) is 4.67. The van der Waals surface area contributed by atoms with Gasteiger partial charge in [-0.1, -0.05) is 23.1 Å². The lowest BCUT2D eigenvalue weighted by Gasteiger charge is -2.34. The summed E-state index contributed by atoms with van der Waals surface area (Å²) >= 11 is 2.51. The molecule has 10 nitrogen and oxygen atoms in total. The third-order valence-electron chi connectivity index (χ3n) is 4.69. The Kier molecular flexibility index (Phi) is 6.32. The van der Waals surface area contributed by atoms with E-state index in [9.17, 15) is 13.2 Å². The summed E-state index contributed by atoms with van der Waals surface area (Å²) < 4.78 is 39.3. The van der Waals surface area contributed by atoms with Crippen LogP contribution in [0.4, 0.5) is 5.13 Å². The number of amides is 1. The van der Waals surface area contributed by atoms with E-state index >= 15 is 0 Å². The summed E-state index contributed by atoms with van der Waals surface area (Å²) in [6.07, 6.45) is 0.748. The summed E-state index contributed by atoms with van der Waals surface area (Å²) in [7, 11) is -3.68. The quantitative estimate of drug-likeness (QED) is 0.633. The molecule has 4 rings (SSSR count). The maximum atomic E-state index is 13.0. The van der Waals surface area contributed by atoms with E-state index in [2.05, 4.69) is 10.2 Å². The van der Waals surface area contributed by atoms with Crippen LogP contribution in [0.2, 0.25) is 0 Å². The molecule has 3 heterocycles. The molecule has 1 fully saturated rings. The van der Waals surface area contributed by atoms with Crippen molar-refractivity contribution in [1.29, 1.82) is 0 Å². The molecular formula is C17H21N5O5S3. The van der Waals surface area contributed by atoms with Gasteiger partial charge in [0.25, 0.3) is 0 Å². The number of piperazine rings is 1. The molecule has 162 valence electrons. The number of carbonyl (C=O) groups is 1. The maximum Gasteiger partial charge on any atom is 0.243 e. The lowest BCUT2D eigenvalue weighted by atomic mass is 10.3. The predicted molar refractivity (Wildman–Crippen MR) is 112 cm³/mol. The van der Waals surface area contributed by atoms with E-state index in [0.29, 0.717) is 47.3 Å². The fourth-order valence-electron chi connectivity index (χ4n) is 3.12. The molecule has 1 saturated heterocycles. The molecule has 2 aliphatic heterocycles. The number of rotatable bonds is 5. The van der Waals surface area contributed by atoms with Gasteiger partial charge in [0.15, 0.2) is 15.8 Å². The molecule has 1 amide bonds. The van der Waals surface area contributed by atoms with Crippen LogP contribution in [0.5, 0.6) is 11.5 Å². The molecule has 13 heteroatoms. The number of nitrogens with two attached hydrogens (primary N) is 1. The smallest absolute Gasteiger partial charge is 0.243 e. The highest BCUT2D eigenvalue weighted by Gasteiger charge is 2.31. The normalized spacial score (nSPS) is 17.5. The van der Waals surface area contributed by atoms with Gasteiger partial charge in [-0.3, -0.25) is 4.79 Å². The Morgan fingerprint density at radius 3 is 2.57 bits per heavy atom. The van der Waals surface area contributed by atoms with E-state index in [1.54, 1.807) is 11.0 Å². The zero-order valence-corrected chi connectivity index (χ0v) is 18.5. The first-order chi connectivity index (χ1) is 14.4. The Bertz CT molecular complexity index is 1020. The van der Waals surface area contributed by atoms with Crippen LogP contribution < -0.4 is 15.2 Å². The van der Waals surface area contributed by atoms with Gasteiger partial charge in [-0.2, -0.15) is 4.31 Å². The SMILES string of the molecule is Nc1nnc(SCC(=O)N2CCN(S(=O)(=O)c3ccc4c(c3)OCCCO4)CC2)s1. The minimum atomic E-state index is -3.68. The number of hydrogen-bond acceptors (Lipinski definition) is 10. The molecule has 30 heavy (non-hydrogen) atoms. The van der Waals surface area contributed by atoms with Crippen molar-refractivity contribution in [3.05, 3.63) is 18.2 Å². The van der Waals surface area contributed by atoms with Crippen LogP contribution in [0.25, 0.3) is 0 Å². The molecule has 0 spiro atoms. The Hall–Kier alpha value is -2.09. The minimum Gasteiger partial charge on any atom is -0.490 e. The van der Waals surface area contributed by atoms with Crippen molar-refractivity contribution in [2.75, 3.05) is 50.9 Å². The molecule has 2 aromatic rings. The second-order valence-corrected chi connectivity index (χ2v) is 10.8. The number of aromatic nitrogens is 2. The summed E-state index contributed by atoms with van der Waals surface area (Å²) in [4.78, 5) is 14.3. The van der Waals surface area contributed by atoms with Crippen LogP contribution in [0.3, 0.4) is 0 Å². The number of nitrogens with zero attached hydrogens (tertiary/aromatic N) is 4. The van der Waals surface area contributed by atoms with Crippen LogP contribution >= 0.6 is 23.1 Å². The fraction of sp³-hybridized carbons (Fsp3) is 0.471. The lowest BCUT2D eigenvalue weighted by molar-refractivity contribution is -0.129. The topological polar surface area (TPSA) is 128 Å². The molecule has 2 N–H and O–H groups in total. The van der Waals surface area contributed by atoms with Crippen molar-refractivity contribution in [2.45, 2.75) is 15.7 Å². The monoisotopic (exact) mass is 471 g/mol. The first kappa shape index (κ1) is 21.2. The lowest BCUT2D eigenvalue weighted by Crippen LogP contribution is -2.50. The van der Waals surface area contributed by atoms with Crippen molar-refractivity contribution in [3.63, 3.8) is 0 Å². The highest BCUT2D eigenvalue weighted by atomic mass is 32.2. The molecule has 0 radical (unpaired) electrons. The minimum absolute atomic E-state index is 0.0681. The average Bonchev–Trinajstić information content (AvgIpc) is 3.03. The molecule has 0 saturated carbocycles. The van der Waals surface area contributed by atoms with E-state index in [4.69, 9.17) is 15.2 Å². The fourth-order valence-corrected chi connectivity index (χ4v) is 6.10. The van der Waals surface area contributed by atoms with Crippen molar-refractivity contribution in [1.82, 2.24) is 19.4 Å². The molecule has 1 aromatic carbocycles. The molecule has 0 bridgehead atoms. The van der Waals surface area contributed by atoms with Crippen molar-refractivity contribution < 1.29 is 22.7 Å². The van der Waals surface area contributed by atoms with Gasteiger partial charge in [0, 0.05) is 38.7 Å². The largest absolute Gasteiger partial charge is 0.490 e. The van der Waals surface area contributed by atoms with Crippen molar-refractivity contribution >= 4 is 44.2 Å². The van der Waals surface area contributed by atoms with Crippen molar-refractivity contribution in [2.24, 2.45) is 0 Å². The van der Waals surface area contributed by atoms with Gasteiger partial charge in [0.1, 0.15) is 0 Å². The summed E-state index contributed by atoms with van der Waals surface area (Å²) in [5, 5.41) is 7.95. The van der Waals surface area contributed by atoms with E-state index in [-0.39, 0.29) is 29.6 Å². The van der Waals surface area contributed by atoms with Gasteiger partial charge in [-0.25, -0.2) is 8.42 Å². The summed E-state index contributed by atoms with van der Waals surface area (Å²) in [5.41, 5.74) is 5.54. The Balaban J connectivity index is 1.36. The van der Waals surface area contributed by atoms with E-state index in [0.717, 1.165) is 6.42 Å². The third kappa shape index (κ3) is 4.63. The molecule has 0 unspecified atom stereocenters. The van der Waals surface area contributed by atoms with E-state index in [1.165, 1.54) is 39.5 Å². The number of anilines is 1. The van der Waals surface area contributed by atoms with Crippen LogP contribution in [0.1, 0.15) is 6.42 Å². The highest BCUT2D eigenvalue weighted by Crippen LogP contribution is 2.33. The van der Waals surface area contributed by atoms with Crippen LogP contribution in [0, 0.1) is 0 Å². The maximum absolute atomic E-state index is 13.0. The molecular weight excluding hydrogens is 450 g/mol. The van der Waals surface area contributed by atoms with E-state index in [1.807, 2.05) is 0 Å². The third-order valence-corrected chi connectivity index (χ3v) is 8.45. The van der Waals surface area contributed by atoms with Crippen LogP contribution in [0.15, 0.2) is 27.4 Å². The highest BCUT2D eigenvalue weighted by molar-refractivity contribution is 8.01. The molecule has 2 aliphatic rings. The Labute approximate surface area is 182 Å². The summed E-state index contributed by atoms with van der Waals surface area (Å²) in [5.74, 6) is 1.14. The second-order valence-electron chi connectivity index (χ2n) is 6.64. The number of sulfonamides is 1. The van der Waals surface area contributed by atoms with Crippen LogP contribution in [-0.2, 0) is 14.8 Å². The summed E-state index contributed by atoms with van der Waals surface area (Å²) in [6.45, 7) is 2.17. The van der Waals surface area contributed by atoms with Crippen LogP contribution in [-0.4, -0.2) is 78.9 Å². The van der Waals surface area contributed by atoms with Gasteiger partial charge in [-0.05, 0) is 12.1 Å². The first-order valence-corrected chi connectivity index (χ1v) is 12.6. The number of ether oxygens (including phenoxy) is 2. The first-order valence-electron chi connectivity index (χ1n) is 9.33. The van der Waals surface area contributed by atoms with Gasteiger partial charge >= 0.3 is 0 Å². The van der Waals surface area contributed by atoms with Gasteiger partial charge in [0.05, 0.1) is 23.9 Å². The van der Waals surface area contributed by atoms with Gasteiger partial charge < -0.3 is 20.1 Å². The van der Waals surface area contributed by atoms with Crippen molar-refractivity contribution in [3.8, 4) is 11.5 Å². The molecule has 0 aliphatic carbocycles. The van der Waals surface area contributed by atoms with Gasteiger partial charge in [0.2, 0.25) is 21.1 Å². The standard InChI is InChI=1S/C17H21N5O5S3/c18-16-19-20-17(29-16)28-11-15(23)21-4-6-22(7-5-21)30(24,25)12-2-3-13-14(10-12)27-9-1-8-26-13/h2-3,10H,1,4-9,11H2,(H2,18,19). The number of carbonyl (C=O) groups excluding carboxylic acids is 1. The van der Waals surface area contributed by atoms with Gasteiger partial charge in [-0.15, -0.1) is 10.2 Å². The predicted octanol–water partition coefficient (Wildman–Crippen LogP) is 0.907. The zero-order valence-electron chi connectivity index (χ0n) is 16.0. The zero-order chi connectivity index (χ0) is 21.1. The number of hydrogen-bond donors (Lipinski definition) is 1. The van der Waals surface area contributed by atoms with E-state index < -0.39 is 10.0 Å². The Morgan fingerprint density at radius 2 is 1.87 bits per heavy atom. The Morgan fingerprint density at radius 1 is 1.13 bits per heavy atom. The second kappa shape index (κ2) is 8.96. The molecule has 1 aromatic heterocycles. The number of nitrogen functional groups attached to an aromatic ring is 1. The number of thioether (sulfide) groups is 1.